The van der Waals surface area contributed by atoms with Crippen molar-refractivity contribution in [3.8, 4) is 5.75 Å². The monoisotopic (exact) mass is 492 g/mol. The van der Waals surface area contributed by atoms with E-state index in [0.717, 1.165) is 24.2 Å². The molecule has 2 heterocycles. The van der Waals surface area contributed by atoms with Gasteiger partial charge in [0.05, 0.1) is 32.0 Å². The zero-order chi connectivity index (χ0) is 25.4. The van der Waals surface area contributed by atoms with Gasteiger partial charge in [0, 0.05) is 43.5 Å². The fraction of sp³-hybridized carbons (Fsp3) is 0.714. The topological polar surface area (TPSA) is 64.6 Å². The second-order valence-electron chi connectivity index (χ2n) is 9.92. The van der Waals surface area contributed by atoms with Gasteiger partial charge >= 0.3 is 0 Å². The van der Waals surface area contributed by atoms with Crippen molar-refractivity contribution >= 4 is 0 Å². The predicted molar refractivity (Wildman–Crippen MR) is 134 cm³/mol. The van der Waals surface area contributed by atoms with Crippen LogP contribution in [0.5, 0.6) is 5.75 Å². The van der Waals surface area contributed by atoms with Crippen molar-refractivity contribution < 1.29 is 33.2 Å². The van der Waals surface area contributed by atoms with Crippen LogP contribution in [0, 0.1) is 23.7 Å². The standard InChI is InChI=1S/C28H44O7/c1-18(25-19(2)16-32-28(35-25)22-12-14-23(30-6)15-13-22)10-8-9-11-24-20(3)26(33-17-29-5)21(4)27(31-7)34-24/h8,10,12-15,18-21,24-28H,9,11,16-17H2,1-7H3/b10-8-/t18-,19-,20-,21+,24-,25-,26-,27+,28?/m0/s1. The number of hydrogen-bond acceptors (Lipinski definition) is 7. The first-order valence-corrected chi connectivity index (χ1v) is 12.8. The Kier molecular flexibility index (Phi) is 11.0. The van der Waals surface area contributed by atoms with E-state index in [9.17, 15) is 0 Å². The Labute approximate surface area is 211 Å². The third kappa shape index (κ3) is 7.28. The van der Waals surface area contributed by atoms with Crippen molar-refractivity contribution in [1.29, 1.82) is 0 Å². The fourth-order valence-electron chi connectivity index (χ4n) is 5.23. The lowest BCUT2D eigenvalue weighted by Gasteiger charge is -2.43. The molecule has 1 aromatic rings. The van der Waals surface area contributed by atoms with Crippen LogP contribution in [0.1, 0.15) is 52.4 Å². The predicted octanol–water partition coefficient (Wildman–Crippen LogP) is 5.35. The minimum Gasteiger partial charge on any atom is -0.497 e. The Morgan fingerprint density at radius 1 is 1.03 bits per heavy atom. The number of allylic oxidation sites excluding steroid dienone is 1. The smallest absolute Gasteiger partial charge is 0.184 e. The first-order valence-electron chi connectivity index (χ1n) is 12.8. The molecule has 2 fully saturated rings. The van der Waals surface area contributed by atoms with Gasteiger partial charge in [-0.3, -0.25) is 0 Å². The van der Waals surface area contributed by atoms with Crippen LogP contribution < -0.4 is 4.74 Å². The summed E-state index contributed by atoms with van der Waals surface area (Å²) in [6.45, 7) is 9.65. The normalized spacial score (nSPS) is 34.7. The van der Waals surface area contributed by atoms with Crippen molar-refractivity contribution in [2.75, 3.05) is 34.7 Å². The molecule has 2 aliphatic heterocycles. The summed E-state index contributed by atoms with van der Waals surface area (Å²) in [6.07, 6.45) is 5.90. The Balaban J connectivity index is 1.54. The van der Waals surface area contributed by atoms with Gasteiger partial charge in [0.25, 0.3) is 0 Å². The third-order valence-corrected chi connectivity index (χ3v) is 7.29. The highest BCUT2D eigenvalue weighted by Crippen LogP contribution is 2.36. The molecule has 0 aromatic heterocycles. The summed E-state index contributed by atoms with van der Waals surface area (Å²) in [5.41, 5.74) is 1.01. The zero-order valence-electron chi connectivity index (χ0n) is 22.3. The van der Waals surface area contributed by atoms with E-state index in [1.54, 1.807) is 21.3 Å². The minimum atomic E-state index is -0.355. The molecule has 1 aromatic carbocycles. The van der Waals surface area contributed by atoms with Crippen LogP contribution in [0.2, 0.25) is 0 Å². The van der Waals surface area contributed by atoms with Gasteiger partial charge in [0.1, 0.15) is 12.5 Å². The van der Waals surface area contributed by atoms with Crippen molar-refractivity contribution in [2.24, 2.45) is 23.7 Å². The van der Waals surface area contributed by atoms with Crippen LogP contribution in [-0.2, 0) is 28.4 Å². The lowest BCUT2D eigenvalue weighted by Crippen LogP contribution is -2.50. The molecule has 1 unspecified atom stereocenters. The minimum absolute atomic E-state index is 0.0351. The second-order valence-corrected chi connectivity index (χ2v) is 9.92. The summed E-state index contributed by atoms with van der Waals surface area (Å²) in [7, 11) is 5.00. The van der Waals surface area contributed by atoms with Crippen LogP contribution in [0.3, 0.4) is 0 Å². The zero-order valence-corrected chi connectivity index (χ0v) is 22.3. The number of rotatable bonds is 11. The summed E-state index contributed by atoms with van der Waals surface area (Å²) >= 11 is 0. The van der Waals surface area contributed by atoms with E-state index in [0.29, 0.717) is 12.5 Å². The Morgan fingerprint density at radius 3 is 2.43 bits per heavy atom. The molecule has 0 radical (unpaired) electrons. The first-order chi connectivity index (χ1) is 16.9. The highest BCUT2D eigenvalue weighted by Gasteiger charge is 2.42. The first kappa shape index (κ1) is 28.1. The quantitative estimate of drug-likeness (QED) is 0.305. The Hall–Kier alpha value is -1.48. The molecule has 35 heavy (non-hydrogen) atoms. The van der Waals surface area contributed by atoms with E-state index in [-0.39, 0.29) is 55.4 Å². The average molecular weight is 493 g/mol. The van der Waals surface area contributed by atoms with Gasteiger partial charge in [-0.1, -0.05) is 52.0 Å². The third-order valence-electron chi connectivity index (χ3n) is 7.29. The van der Waals surface area contributed by atoms with Gasteiger partial charge < -0.3 is 33.2 Å². The average Bonchev–Trinajstić information content (AvgIpc) is 2.88. The Morgan fingerprint density at radius 2 is 1.77 bits per heavy atom. The molecule has 7 nitrogen and oxygen atoms in total. The highest BCUT2D eigenvalue weighted by atomic mass is 16.7. The fourth-order valence-corrected chi connectivity index (χ4v) is 5.23. The van der Waals surface area contributed by atoms with Gasteiger partial charge in [0.2, 0.25) is 0 Å². The van der Waals surface area contributed by atoms with E-state index in [1.165, 1.54) is 0 Å². The lowest BCUT2D eigenvalue weighted by molar-refractivity contribution is -0.271. The van der Waals surface area contributed by atoms with Crippen LogP contribution in [0.25, 0.3) is 0 Å². The summed E-state index contributed by atoms with van der Waals surface area (Å²) in [5, 5.41) is 0. The summed E-state index contributed by atoms with van der Waals surface area (Å²) < 4.78 is 40.6. The molecular formula is C28H44O7. The molecule has 198 valence electrons. The molecule has 0 bridgehead atoms. The highest BCUT2D eigenvalue weighted by molar-refractivity contribution is 5.28. The molecule has 0 amide bonds. The number of benzene rings is 1. The number of methoxy groups -OCH3 is 3. The SMILES string of the molecule is COCO[C@H]1[C@@H](C)[C@H](CC/C=C\[C@H](C)[C@@H]2OC(c3ccc(OC)cc3)OC[C@@H]2C)O[C@@H](OC)[C@@H]1C. The number of hydrogen-bond donors (Lipinski definition) is 0. The summed E-state index contributed by atoms with van der Waals surface area (Å²) in [6, 6.07) is 7.87. The van der Waals surface area contributed by atoms with Crippen LogP contribution in [-0.4, -0.2) is 59.3 Å². The van der Waals surface area contributed by atoms with Crippen LogP contribution in [0.15, 0.2) is 36.4 Å². The van der Waals surface area contributed by atoms with Crippen molar-refractivity contribution in [3.05, 3.63) is 42.0 Å². The van der Waals surface area contributed by atoms with Crippen molar-refractivity contribution in [1.82, 2.24) is 0 Å². The molecule has 3 rings (SSSR count). The lowest BCUT2D eigenvalue weighted by atomic mass is 9.84. The molecule has 0 N–H and O–H groups in total. The van der Waals surface area contributed by atoms with Crippen LogP contribution in [0.4, 0.5) is 0 Å². The summed E-state index contributed by atoms with van der Waals surface area (Å²) in [4.78, 5) is 0. The molecule has 2 saturated heterocycles. The molecule has 0 spiro atoms. The van der Waals surface area contributed by atoms with E-state index in [4.69, 9.17) is 33.2 Å². The van der Waals surface area contributed by atoms with Gasteiger partial charge in [0.15, 0.2) is 12.6 Å². The maximum absolute atomic E-state index is 6.39. The maximum Gasteiger partial charge on any atom is 0.184 e. The molecule has 7 heteroatoms. The van der Waals surface area contributed by atoms with Gasteiger partial charge in [-0.15, -0.1) is 0 Å². The molecule has 2 aliphatic rings. The second kappa shape index (κ2) is 13.7. The largest absolute Gasteiger partial charge is 0.497 e. The number of ether oxygens (including phenoxy) is 7. The van der Waals surface area contributed by atoms with E-state index >= 15 is 0 Å². The van der Waals surface area contributed by atoms with E-state index in [1.807, 2.05) is 24.3 Å². The van der Waals surface area contributed by atoms with E-state index < -0.39 is 0 Å². The van der Waals surface area contributed by atoms with E-state index in [2.05, 4.69) is 39.8 Å². The van der Waals surface area contributed by atoms with Gasteiger partial charge in [-0.05, 0) is 25.0 Å². The van der Waals surface area contributed by atoms with Crippen molar-refractivity contribution in [2.45, 2.75) is 71.4 Å². The Bertz CT molecular complexity index is 767. The molecule has 0 aliphatic carbocycles. The summed E-state index contributed by atoms with van der Waals surface area (Å²) in [5.74, 6) is 1.80. The molecular weight excluding hydrogens is 448 g/mol. The molecule has 9 atom stereocenters. The van der Waals surface area contributed by atoms with Gasteiger partial charge in [-0.25, -0.2) is 0 Å². The molecule has 0 saturated carbocycles. The van der Waals surface area contributed by atoms with Gasteiger partial charge in [-0.2, -0.15) is 0 Å². The van der Waals surface area contributed by atoms with Crippen molar-refractivity contribution in [3.63, 3.8) is 0 Å². The van der Waals surface area contributed by atoms with Crippen LogP contribution >= 0.6 is 0 Å². The maximum atomic E-state index is 6.39.